The highest BCUT2D eigenvalue weighted by molar-refractivity contribution is 7.84. The van der Waals surface area contributed by atoms with Gasteiger partial charge < -0.3 is 4.74 Å². The summed E-state index contributed by atoms with van der Waals surface area (Å²) in [5.41, 5.74) is 1.29. The van der Waals surface area contributed by atoms with E-state index in [0.29, 0.717) is 27.0 Å². The van der Waals surface area contributed by atoms with Crippen LogP contribution in [0.1, 0.15) is 11.1 Å². The highest BCUT2D eigenvalue weighted by Gasteiger charge is 2.11. The van der Waals surface area contributed by atoms with Gasteiger partial charge in [0.2, 0.25) is 0 Å². The van der Waals surface area contributed by atoms with E-state index in [2.05, 4.69) is 0 Å². The Bertz CT molecular complexity index is 695. The molecule has 3 nitrogen and oxygen atoms in total. The third kappa shape index (κ3) is 3.19. The number of halogens is 1. The summed E-state index contributed by atoms with van der Waals surface area (Å²) in [6, 6.07) is 14.3. The minimum Gasteiger partial charge on any atom is -0.495 e. The van der Waals surface area contributed by atoms with E-state index < -0.39 is 10.8 Å². The van der Waals surface area contributed by atoms with Crippen LogP contribution in [0.3, 0.4) is 0 Å². The molecule has 1 atom stereocenters. The van der Waals surface area contributed by atoms with Crippen molar-refractivity contribution in [2.24, 2.45) is 0 Å². The topological polar surface area (TPSA) is 50.1 Å². The zero-order valence-electron chi connectivity index (χ0n) is 10.8. The van der Waals surface area contributed by atoms with E-state index in [1.807, 2.05) is 6.07 Å². The second-order valence-electron chi connectivity index (χ2n) is 4.07. The quantitative estimate of drug-likeness (QED) is 0.868. The van der Waals surface area contributed by atoms with Gasteiger partial charge >= 0.3 is 0 Å². The third-order valence-corrected chi connectivity index (χ3v) is 4.65. The van der Waals surface area contributed by atoms with Gasteiger partial charge in [-0.15, -0.1) is 0 Å². The van der Waals surface area contributed by atoms with Crippen molar-refractivity contribution in [1.82, 2.24) is 0 Å². The van der Waals surface area contributed by atoms with Gasteiger partial charge in [-0.25, -0.2) is 0 Å². The number of methoxy groups -OCH3 is 1. The standard InChI is InChI=1S/C15H12ClNO2S/c1-19-14-8-11(6-7-12(14)9-17)10-20(18)15-5-3-2-4-13(15)16/h2-8H,10H2,1H3. The maximum absolute atomic E-state index is 12.3. The molecule has 0 saturated carbocycles. The number of nitrogens with zero attached hydrogens (tertiary/aromatic N) is 1. The fourth-order valence-corrected chi connectivity index (χ4v) is 3.32. The lowest BCUT2D eigenvalue weighted by molar-refractivity contribution is 0.413. The first-order chi connectivity index (χ1) is 9.65. The highest BCUT2D eigenvalue weighted by Crippen LogP contribution is 2.24. The molecule has 0 spiro atoms. The zero-order chi connectivity index (χ0) is 14.5. The second-order valence-corrected chi connectivity index (χ2v) is 5.89. The molecular weight excluding hydrogens is 294 g/mol. The molecule has 0 amide bonds. The first kappa shape index (κ1) is 14.6. The summed E-state index contributed by atoms with van der Waals surface area (Å²) in [5, 5.41) is 9.42. The Morgan fingerprint density at radius 2 is 2.05 bits per heavy atom. The molecule has 0 heterocycles. The smallest absolute Gasteiger partial charge is 0.136 e. The van der Waals surface area contributed by atoms with Crippen LogP contribution in [-0.4, -0.2) is 11.3 Å². The Hall–Kier alpha value is -1.83. The maximum Gasteiger partial charge on any atom is 0.136 e. The normalized spacial score (nSPS) is 11.7. The van der Waals surface area contributed by atoms with Crippen LogP contribution in [0, 0.1) is 11.3 Å². The number of rotatable bonds is 4. The van der Waals surface area contributed by atoms with Crippen molar-refractivity contribution in [2.45, 2.75) is 10.6 Å². The first-order valence-electron chi connectivity index (χ1n) is 5.85. The molecule has 0 aliphatic heterocycles. The Balaban J connectivity index is 2.25. The SMILES string of the molecule is COc1cc(CS(=O)c2ccccc2Cl)ccc1C#N. The summed E-state index contributed by atoms with van der Waals surface area (Å²) < 4.78 is 17.5. The monoisotopic (exact) mass is 305 g/mol. The lowest BCUT2D eigenvalue weighted by Gasteiger charge is -2.07. The van der Waals surface area contributed by atoms with Gasteiger partial charge in [0.1, 0.15) is 11.8 Å². The van der Waals surface area contributed by atoms with Crippen LogP contribution in [0.25, 0.3) is 0 Å². The van der Waals surface area contributed by atoms with E-state index in [4.69, 9.17) is 21.6 Å². The number of hydrogen-bond donors (Lipinski definition) is 0. The molecule has 0 saturated heterocycles. The molecule has 0 aliphatic rings. The third-order valence-electron chi connectivity index (χ3n) is 2.77. The van der Waals surface area contributed by atoms with Crippen molar-refractivity contribution in [3.63, 3.8) is 0 Å². The number of ether oxygens (including phenoxy) is 1. The van der Waals surface area contributed by atoms with Crippen LogP contribution in [0.2, 0.25) is 5.02 Å². The van der Waals surface area contributed by atoms with Gasteiger partial charge in [0.15, 0.2) is 0 Å². The van der Waals surface area contributed by atoms with E-state index in [-0.39, 0.29) is 0 Å². The molecule has 0 radical (unpaired) electrons. The fraction of sp³-hybridized carbons (Fsp3) is 0.133. The van der Waals surface area contributed by atoms with Gasteiger partial charge in [-0.2, -0.15) is 5.26 Å². The molecule has 2 aromatic rings. The second kappa shape index (κ2) is 6.56. The van der Waals surface area contributed by atoms with Gasteiger partial charge in [-0.1, -0.05) is 29.8 Å². The van der Waals surface area contributed by atoms with Crippen molar-refractivity contribution in [3.05, 3.63) is 58.6 Å². The molecule has 20 heavy (non-hydrogen) atoms. The molecule has 0 aliphatic carbocycles. The van der Waals surface area contributed by atoms with E-state index in [9.17, 15) is 4.21 Å². The van der Waals surface area contributed by atoms with Crippen LogP contribution in [0.5, 0.6) is 5.75 Å². The Morgan fingerprint density at radius 3 is 2.70 bits per heavy atom. The van der Waals surface area contributed by atoms with Crippen molar-refractivity contribution >= 4 is 22.4 Å². The molecule has 0 N–H and O–H groups in total. The van der Waals surface area contributed by atoms with E-state index >= 15 is 0 Å². The zero-order valence-corrected chi connectivity index (χ0v) is 12.4. The van der Waals surface area contributed by atoms with Gasteiger partial charge in [0.05, 0.1) is 39.1 Å². The number of benzene rings is 2. The summed E-state index contributed by atoms with van der Waals surface area (Å²) in [6.45, 7) is 0. The van der Waals surface area contributed by atoms with Gasteiger partial charge in [-0.3, -0.25) is 4.21 Å². The Morgan fingerprint density at radius 1 is 1.30 bits per heavy atom. The predicted octanol–water partition coefficient (Wildman–Crippen LogP) is 3.53. The number of nitriles is 1. The first-order valence-corrected chi connectivity index (χ1v) is 7.55. The summed E-state index contributed by atoms with van der Waals surface area (Å²) in [5.74, 6) is 0.812. The van der Waals surface area contributed by atoms with Crippen molar-refractivity contribution in [2.75, 3.05) is 7.11 Å². The average molecular weight is 306 g/mol. The van der Waals surface area contributed by atoms with Crippen LogP contribution in [0.4, 0.5) is 0 Å². The van der Waals surface area contributed by atoms with E-state index in [0.717, 1.165) is 5.56 Å². The van der Waals surface area contributed by atoms with E-state index in [1.165, 1.54) is 7.11 Å². The summed E-state index contributed by atoms with van der Waals surface area (Å²) in [6.07, 6.45) is 0. The van der Waals surface area contributed by atoms with Crippen LogP contribution in [-0.2, 0) is 16.6 Å². The predicted molar refractivity (Wildman–Crippen MR) is 79.3 cm³/mol. The van der Waals surface area contributed by atoms with Crippen LogP contribution >= 0.6 is 11.6 Å². The van der Waals surface area contributed by atoms with Crippen molar-refractivity contribution in [3.8, 4) is 11.8 Å². The summed E-state index contributed by atoms with van der Waals surface area (Å²) in [4.78, 5) is 0.609. The summed E-state index contributed by atoms with van der Waals surface area (Å²) in [7, 11) is 0.270. The minimum atomic E-state index is -1.24. The van der Waals surface area contributed by atoms with Gasteiger partial charge in [0.25, 0.3) is 0 Å². The molecule has 2 rings (SSSR count). The average Bonchev–Trinajstić information content (AvgIpc) is 2.47. The molecule has 0 aromatic heterocycles. The molecule has 0 fully saturated rings. The summed E-state index contributed by atoms with van der Waals surface area (Å²) >= 11 is 6.03. The Kier molecular flexibility index (Phi) is 4.78. The van der Waals surface area contributed by atoms with Crippen LogP contribution in [0.15, 0.2) is 47.4 Å². The molecule has 0 bridgehead atoms. The lowest BCUT2D eigenvalue weighted by atomic mass is 10.1. The largest absolute Gasteiger partial charge is 0.495 e. The molecular formula is C15H12ClNO2S. The maximum atomic E-state index is 12.3. The lowest BCUT2D eigenvalue weighted by Crippen LogP contribution is -1.98. The van der Waals surface area contributed by atoms with Crippen LogP contribution < -0.4 is 4.74 Å². The van der Waals surface area contributed by atoms with Crippen molar-refractivity contribution in [1.29, 1.82) is 5.26 Å². The van der Waals surface area contributed by atoms with Crippen molar-refractivity contribution < 1.29 is 8.95 Å². The Labute approximate surface area is 125 Å². The molecule has 5 heteroatoms. The highest BCUT2D eigenvalue weighted by atomic mass is 35.5. The fourth-order valence-electron chi connectivity index (χ4n) is 1.78. The van der Waals surface area contributed by atoms with Gasteiger partial charge in [-0.05, 0) is 29.8 Å². The number of hydrogen-bond acceptors (Lipinski definition) is 3. The molecule has 102 valence electrons. The van der Waals surface area contributed by atoms with E-state index in [1.54, 1.807) is 42.5 Å². The molecule has 2 aromatic carbocycles. The molecule has 1 unspecified atom stereocenters. The minimum absolute atomic E-state index is 0.325. The van der Waals surface area contributed by atoms with Gasteiger partial charge in [0, 0.05) is 0 Å².